The lowest BCUT2D eigenvalue weighted by Gasteiger charge is -2.39. The minimum absolute atomic E-state index is 0.0154. The maximum absolute atomic E-state index is 12.7. The van der Waals surface area contributed by atoms with Crippen molar-refractivity contribution in [1.82, 2.24) is 9.21 Å². The average Bonchev–Trinajstić information content (AvgIpc) is 3.03. The summed E-state index contributed by atoms with van der Waals surface area (Å²) in [7, 11) is -1.72. The van der Waals surface area contributed by atoms with Crippen LogP contribution in [0.25, 0.3) is 0 Å². The Kier molecular flexibility index (Phi) is 3.01. The lowest BCUT2D eigenvalue weighted by molar-refractivity contribution is -0.0965. The predicted molar refractivity (Wildman–Crippen MR) is 82.5 cm³/mol. The smallest absolute Gasteiger partial charge is 0.264 e. The van der Waals surface area contributed by atoms with E-state index in [9.17, 15) is 13.2 Å². The van der Waals surface area contributed by atoms with Crippen LogP contribution in [0.15, 0.2) is 11.4 Å². The molecule has 0 unspecified atom stereocenters. The number of amides is 1. The Morgan fingerprint density at radius 1 is 1.45 bits per heavy atom. The first-order valence-corrected chi connectivity index (χ1v) is 9.67. The molecule has 3 aliphatic heterocycles. The van der Waals surface area contributed by atoms with Crippen molar-refractivity contribution in [1.29, 1.82) is 0 Å². The highest BCUT2D eigenvalue weighted by Crippen LogP contribution is 2.46. The van der Waals surface area contributed by atoms with E-state index in [1.54, 1.807) is 11.9 Å². The lowest BCUT2D eigenvalue weighted by Crippen LogP contribution is -2.56. The fourth-order valence-corrected chi connectivity index (χ4v) is 6.82. The number of carbonyl (C=O) groups excluding carboxylic acids is 1. The summed E-state index contributed by atoms with van der Waals surface area (Å²) in [6.45, 7) is 3.13. The fraction of sp³-hybridized carbons (Fsp3) is 0.643. The average molecular weight is 342 g/mol. The van der Waals surface area contributed by atoms with Gasteiger partial charge in [0.15, 0.2) is 0 Å². The van der Waals surface area contributed by atoms with E-state index in [1.165, 1.54) is 15.6 Å². The number of morpholine rings is 1. The highest BCUT2D eigenvalue weighted by molar-refractivity contribution is 7.90. The molecule has 8 heteroatoms. The second-order valence-corrected chi connectivity index (χ2v) is 9.64. The van der Waals surface area contributed by atoms with Crippen molar-refractivity contribution in [2.75, 3.05) is 26.7 Å². The van der Waals surface area contributed by atoms with E-state index in [0.717, 1.165) is 5.56 Å². The number of hydrogen-bond acceptors (Lipinski definition) is 5. The number of likely N-dealkylation sites (N-methyl/N-ethyl adjacent to an activating group) is 1. The molecule has 22 heavy (non-hydrogen) atoms. The van der Waals surface area contributed by atoms with Gasteiger partial charge in [0.2, 0.25) is 10.0 Å². The Balaban J connectivity index is 1.64. The van der Waals surface area contributed by atoms with Gasteiger partial charge in [0.1, 0.15) is 10.9 Å². The zero-order valence-corrected chi connectivity index (χ0v) is 14.1. The summed E-state index contributed by atoms with van der Waals surface area (Å²) in [6.07, 6.45) is 0.312. The van der Waals surface area contributed by atoms with Gasteiger partial charge in [0, 0.05) is 20.1 Å². The largest absolute Gasteiger partial charge is 0.365 e. The molecule has 1 amide bonds. The molecule has 4 rings (SSSR count). The second kappa shape index (κ2) is 4.53. The molecule has 3 aliphatic rings. The number of sulfonamides is 1. The van der Waals surface area contributed by atoms with Crippen molar-refractivity contribution in [2.24, 2.45) is 0 Å². The maximum Gasteiger partial charge on any atom is 0.264 e. The Morgan fingerprint density at radius 2 is 2.23 bits per heavy atom. The van der Waals surface area contributed by atoms with E-state index in [2.05, 4.69) is 0 Å². The van der Waals surface area contributed by atoms with Gasteiger partial charge >= 0.3 is 0 Å². The van der Waals surface area contributed by atoms with Gasteiger partial charge in [-0.25, -0.2) is 12.7 Å². The van der Waals surface area contributed by atoms with Crippen molar-refractivity contribution in [3.63, 3.8) is 0 Å². The number of ether oxygens (including phenoxy) is 1. The lowest BCUT2D eigenvalue weighted by atomic mass is 9.99. The predicted octanol–water partition coefficient (Wildman–Crippen LogP) is 0.684. The first-order chi connectivity index (χ1) is 10.3. The Hall–Kier alpha value is -0.960. The van der Waals surface area contributed by atoms with Crippen molar-refractivity contribution in [2.45, 2.75) is 30.3 Å². The molecule has 2 bridgehead atoms. The monoisotopic (exact) mass is 342 g/mol. The van der Waals surface area contributed by atoms with Crippen molar-refractivity contribution in [3.05, 3.63) is 21.9 Å². The third-order valence-corrected chi connectivity index (χ3v) is 8.24. The number of thiophene rings is 1. The minimum Gasteiger partial charge on any atom is -0.365 e. The summed E-state index contributed by atoms with van der Waals surface area (Å²) >= 11 is 1.44. The number of fused-ring (bicyclic) bond motifs is 1. The van der Waals surface area contributed by atoms with E-state index >= 15 is 0 Å². The van der Waals surface area contributed by atoms with Gasteiger partial charge in [-0.3, -0.25) is 4.79 Å². The number of hydrogen-bond donors (Lipinski definition) is 0. The van der Waals surface area contributed by atoms with Crippen LogP contribution in [0.3, 0.4) is 0 Å². The topological polar surface area (TPSA) is 66.9 Å². The highest BCUT2D eigenvalue weighted by Gasteiger charge is 2.64. The molecule has 4 heterocycles. The number of likely N-dealkylation sites (tertiary alicyclic amines) is 1. The van der Waals surface area contributed by atoms with Crippen LogP contribution in [0, 0.1) is 6.92 Å². The van der Waals surface area contributed by atoms with E-state index in [4.69, 9.17) is 4.74 Å². The Labute approximate surface area is 133 Å². The van der Waals surface area contributed by atoms with Gasteiger partial charge in [-0.15, -0.1) is 11.3 Å². The van der Waals surface area contributed by atoms with Crippen LogP contribution in [-0.4, -0.2) is 67.2 Å². The standard InChI is InChI=1S/C14H18N2O4S2/c1-9-3-11(21-6-9)13(17)16-5-10-4-12-14(8-16,20-10)7-15(2)22(12,18)19/h3,6,10,12H,4-5,7-8H2,1-2H3/t10-,12+,14-/m1/s1. The summed E-state index contributed by atoms with van der Waals surface area (Å²) in [6, 6.07) is 1.89. The highest BCUT2D eigenvalue weighted by atomic mass is 32.2. The van der Waals surface area contributed by atoms with Crippen LogP contribution in [0.1, 0.15) is 21.7 Å². The molecule has 0 saturated carbocycles. The number of nitrogens with zero attached hydrogens (tertiary/aromatic N) is 2. The van der Waals surface area contributed by atoms with Gasteiger partial charge in [0.25, 0.3) is 5.91 Å². The van der Waals surface area contributed by atoms with Crippen LogP contribution < -0.4 is 0 Å². The summed E-state index contributed by atoms with van der Waals surface area (Å²) in [5, 5.41) is 1.44. The number of aryl methyl sites for hydroxylation is 1. The van der Waals surface area contributed by atoms with E-state index < -0.39 is 20.9 Å². The summed E-state index contributed by atoms with van der Waals surface area (Å²) in [4.78, 5) is 15.2. The molecular weight excluding hydrogens is 324 g/mol. The molecule has 0 aromatic carbocycles. The van der Waals surface area contributed by atoms with Gasteiger partial charge in [0.05, 0.1) is 17.5 Å². The summed E-state index contributed by atoms with van der Waals surface area (Å²) < 4.78 is 32.2. The molecule has 120 valence electrons. The van der Waals surface area contributed by atoms with Crippen LogP contribution in [0.2, 0.25) is 0 Å². The number of rotatable bonds is 1. The zero-order chi connectivity index (χ0) is 15.7. The second-order valence-electron chi connectivity index (χ2n) is 6.50. The van der Waals surface area contributed by atoms with Crippen LogP contribution in [0.5, 0.6) is 0 Å². The molecule has 3 fully saturated rings. The molecular formula is C14H18N2O4S2. The Morgan fingerprint density at radius 3 is 2.91 bits per heavy atom. The minimum atomic E-state index is -3.30. The van der Waals surface area contributed by atoms with Gasteiger partial charge in [-0.2, -0.15) is 0 Å². The molecule has 1 spiro atoms. The van der Waals surface area contributed by atoms with Crippen LogP contribution >= 0.6 is 11.3 Å². The third kappa shape index (κ3) is 1.90. The molecule has 0 N–H and O–H groups in total. The zero-order valence-electron chi connectivity index (χ0n) is 12.5. The maximum atomic E-state index is 12.7. The van der Waals surface area contributed by atoms with Gasteiger partial charge in [-0.05, 0) is 30.4 Å². The van der Waals surface area contributed by atoms with E-state index in [-0.39, 0.29) is 12.0 Å². The summed E-state index contributed by atoms with van der Waals surface area (Å²) in [5.74, 6) is -0.0154. The molecule has 1 aromatic rings. The normalized spacial score (nSPS) is 36.5. The van der Waals surface area contributed by atoms with Gasteiger partial charge in [-0.1, -0.05) is 0 Å². The van der Waals surface area contributed by atoms with Crippen LogP contribution in [-0.2, 0) is 14.8 Å². The molecule has 3 atom stereocenters. The fourth-order valence-electron chi connectivity index (χ4n) is 3.91. The molecule has 1 aromatic heterocycles. The van der Waals surface area contributed by atoms with E-state index in [1.807, 2.05) is 18.4 Å². The SMILES string of the molecule is Cc1csc(C(=O)N2C[C@H]3C[C@H]4[C@](C2)(CN(C)S4(=O)=O)O3)c1. The molecule has 6 nitrogen and oxygen atoms in total. The molecule has 0 aliphatic carbocycles. The van der Waals surface area contributed by atoms with Crippen molar-refractivity contribution < 1.29 is 17.9 Å². The Bertz CT molecular complexity index is 744. The quantitative estimate of drug-likeness (QED) is 0.753. The molecule has 3 saturated heterocycles. The van der Waals surface area contributed by atoms with Crippen molar-refractivity contribution in [3.8, 4) is 0 Å². The number of carbonyl (C=O) groups is 1. The van der Waals surface area contributed by atoms with Crippen LogP contribution in [0.4, 0.5) is 0 Å². The van der Waals surface area contributed by atoms with Gasteiger partial charge < -0.3 is 9.64 Å². The molecule has 0 radical (unpaired) electrons. The third-order valence-electron chi connectivity index (χ3n) is 4.86. The summed E-state index contributed by atoms with van der Waals surface area (Å²) in [5.41, 5.74) is 0.321. The van der Waals surface area contributed by atoms with Crippen molar-refractivity contribution >= 4 is 27.3 Å². The first-order valence-electron chi connectivity index (χ1n) is 7.29. The first kappa shape index (κ1) is 14.6. The van der Waals surface area contributed by atoms with E-state index in [0.29, 0.717) is 30.9 Å².